The molecule has 0 aliphatic heterocycles. The lowest BCUT2D eigenvalue weighted by Gasteiger charge is -1.95. The fraction of sp³-hybridized carbons (Fsp3) is 0.0909. The third-order valence-corrected chi connectivity index (χ3v) is 1.44. The SMILES string of the molecule is C=Cc1ccccc1C#CC. The Bertz CT molecular complexity index is 310. The predicted octanol–water partition coefficient (Wildman–Crippen LogP) is 2.70. The van der Waals surface area contributed by atoms with E-state index in [2.05, 4.69) is 18.4 Å². The molecule has 0 nitrogen and oxygen atoms in total. The van der Waals surface area contributed by atoms with E-state index in [9.17, 15) is 0 Å². The van der Waals surface area contributed by atoms with Gasteiger partial charge in [0.05, 0.1) is 0 Å². The van der Waals surface area contributed by atoms with E-state index >= 15 is 0 Å². The monoisotopic (exact) mass is 142 g/mol. The Morgan fingerprint density at radius 1 is 1.36 bits per heavy atom. The molecule has 0 bridgehead atoms. The van der Waals surface area contributed by atoms with E-state index in [-0.39, 0.29) is 0 Å². The van der Waals surface area contributed by atoms with Crippen LogP contribution in [0.4, 0.5) is 0 Å². The lowest BCUT2D eigenvalue weighted by molar-refractivity contribution is 1.60. The average Bonchev–Trinajstić information content (AvgIpc) is 2.06. The second-order valence-corrected chi connectivity index (χ2v) is 2.17. The maximum absolute atomic E-state index is 3.71. The summed E-state index contributed by atoms with van der Waals surface area (Å²) in [5.74, 6) is 5.87. The molecular formula is C11H10. The van der Waals surface area contributed by atoms with Crippen LogP contribution >= 0.6 is 0 Å². The highest BCUT2D eigenvalue weighted by Crippen LogP contribution is 2.07. The summed E-state index contributed by atoms with van der Waals surface area (Å²) in [5.41, 5.74) is 2.15. The average molecular weight is 142 g/mol. The van der Waals surface area contributed by atoms with Crippen molar-refractivity contribution in [1.82, 2.24) is 0 Å². The first-order valence-corrected chi connectivity index (χ1v) is 3.52. The van der Waals surface area contributed by atoms with E-state index in [4.69, 9.17) is 0 Å². The van der Waals surface area contributed by atoms with Crippen LogP contribution in [0.2, 0.25) is 0 Å². The summed E-state index contributed by atoms with van der Waals surface area (Å²) in [6.45, 7) is 5.54. The van der Waals surface area contributed by atoms with Crippen molar-refractivity contribution in [3.63, 3.8) is 0 Å². The molecule has 0 spiro atoms. The summed E-state index contributed by atoms with van der Waals surface area (Å²) in [6, 6.07) is 7.96. The third kappa shape index (κ3) is 1.72. The van der Waals surface area contributed by atoms with Crippen molar-refractivity contribution in [3.05, 3.63) is 42.0 Å². The molecule has 1 aromatic carbocycles. The van der Waals surface area contributed by atoms with E-state index in [1.807, 2.05) is 37.3 Å². The first-order chi connectivity index (χ1) is 5.38. The summed E-state index contributed by atoms with van der Waals surface area (Å²) < 4.78 is 0. The van der Waals surface area contributed by atoms with Crippen LogP contribution in [0.25, 0.3) is 6.08 Å². The molecule has 11 heavy (non-hydrogen) atoms. The quantitative estimate of drug-likeness (QED) is 0.529. The molecule has 1 aromatic rings. The van der Waals surface area contributed by atoms with Gasteiger partial charge in [-0.1, -0.05) is 36.8 Å². The van der Waals surface area contributed by atoms with E-state index in [0.717, 1.165) is 11.1 Å². The fourth-order valence-corrected chi connectivity index (χ4v) is 0.924. The van der Waals surface area contributed by atoms with Gasteiger partial charge in [-0.25, -0.2) is 0 Å². The summed E-state index contributed by atoms with van der Waals surface area (Å²) in [4.78, 5) is 0. The maximum Gasteiger partial charge on any atom is 0.0317 e. The van der Waals surface area contributed by atoms with Gasteiger partial charge in [0.2, 0.25) is 0 Å². The standard InChI is InChI=1S/C11H10/c1-3-7-11-9-6-5-8-10(11)4-2/h4-6,8-9H,2H2,1H3. The molecule has 0 heteroatoms. The lowest BCUT2D eigenvalue weighted by atomic mass is 10.1. The van der Waals surface area contributed by atoms with Crippen LogP contribution in [-0.2, 0) is 0 Å². The molecule has 0 radical (unpaired) electrons. The van der Waals surface area contributed by atoms with E-state index in [1.165, 1.54) is 0 Å². The zero-order valence-corrected chi connectivity index (χ0v) is 6.59. The topological polar surface area (TPSA) is 0 Å². The van der Waals surface area contributed by atoms with Crippen molar-refractivity contribution >= 4 is 6.08 Å². The first kappa shape index (κ1) is 7.63. The van der Waals surface area contributed by atoms with Crippen molar-refractivity contribution in [1.29, 1.82) is 0 Å². The van der Waals surface area contributed by atoms with Gasteiger partial charge in [0.15, 0.2) is 0 Å². The summed E-state index contributed by atoms with van der Waals surface area (Å²) >= 11 is 0. The van der Waals surface area contributed by atoms with E-state index < -0.39 is 0 Å². The minimum Gasteiger partial charge on any atom is -0.101 e. The molecule has 0 fully saturated rings. The fourth-order valence-electron chi connectivity index (χ4n) is 0.924. The number of hydrogen-bond acceptors (Lipinski definition) is 0. The first-order valence-electron chi connectivity index (χ1n) is 3.52. The van der Waals surface area contributed by atoms with Gasteiger partial charge >= 0.3 is 0 Å². The van der Waals surface area contributed by atoms with Gasteiger partial charge in [0, 0.05) is 5.56 Å². The Morgan fingerprint density at radius 2 is 2.09 bits per heavy atom. The lowest BCUT2D eigenvalue weighted by Crippen LogP contribution is -1.78. The summed E-state index contributed by atoms with van der Waals surface area (Å²) in [6.07, 6.45) is 1.82. The smallest absolute Gasteiger partial charge is 0.0317 e. The normalized spacial score (nSPS) is 8.09. The number of benzene rings is 1. The second kappa shape index (κ2) is 3.63. The van der Waals surface area contributed by atoms with Gasteiger partial charge < -0.3 is 0 Å². The minimum absolute atomic E-state index is 1.05. The van der Waals surface area contributed by atoms with Gasteiger partial charge in [-0.3, -0.25) is 0 Å². The Kier molecular flexibility index (Phi) is 2.52. The molecule has 54 valence electrons. The molecule has 0 saturated carbocycles. The van der Waals surface area contributed by atoms with Gasteiger partial charge in [0.1, 0.15) is 0 Å². The maximum atomic E-state index is 3.71. The highest BCUT2D eigenvalue weighted by atomic mass is 13.9. The van der Waals surface area contributed by atoms with Crippen LogP contribution in [-0.4, -0.2) is 0 Å². The molecular weight excluding hydrogens is 132 g/mol. The molecule has 0 aliphatic carbocycles. The molecule has 0 unspecified atom stereocenters. The number of hydrogen-bond donors (Lipinski definition) is 0. The zero-order chi connectivity index (χ0) is 8.10. The minimum atomic E-state index is 1.05. The van der Waals surface area contributed by atoms with Crippen molar-refractivity contribution in [2.24, 2.45) is 0 Å². The van der Waals surface area contributed by atoms with E-state index in [0.29, 0.717) is 0 Å². The van der Waals surface area contributed by atoms with Crippen molar-refractivity contribution in [2.75, 3.05) is 0 Å². The Labute approximate surface area is 67.6 Å². The molecule has 0 N–H and O–H groups in total. The van der Waals surface area contributed by atoms with Crippen LogP contribution in [0.15, 0.2) is 30.8 Å². The molecule has 1 rings (SSSR count). The molecule has 0 aliphatic rings. The van der Waals surface area contributed by atoms with Crippen LogP contribution in [0, 0.1) is 11.8 Å². The van der Waals surface area contributed by atoms with Crippen LogP contribution in [0.3, 0.4) is 0 Å². The zero-order valence-electron chi connectivity index (χ0n) is 6.59. The van der Waals surface area contributed by atoms with Crippen LogP contribution in [0.5, 0.6) is 0 Å². The second-order valence-electron chi connectivity index (χ2n) is 2.17. The number of rotatable bonds is 1. The van der Waals surface area contributed by atoms with Crippen molar-refractivity contribution in [3.8, 4) is 11.8 Å². The van der Waals surface area contributed by atoms with E-state index in [1.54, 1.807) is 0 Å². The highest BCUT2D eigenvalue weighted by Gasteiger charge is 1.90. The largest absolute Gasteiger partial charge is 0.101 e. The predicted molar refractivity (Wildman–Crippen MR) is 49.1 cm³/mol. The third-order valence-electron chi connectivity index (χ3n) is 1.44. The molecule has 0 atom stereocenters. The summed E-state index contributed by atoms with van der Waals surface area (Å²) in [5, 5.41) is 0. The van der Waals surface area contributed by atoms with Gasteiger partial charge in [0.25, 0.3) is 0 Å². The van der Waals surface area contributed by atoms with Gasteiger partial charge in [-0.2, -0.15) is 0 Å². The Hall–Kier alpha value is -1.48. The molecule has 0 saturated heterocycles. The van der Waals surface area contributed by atoms with Crippen molar-refractivity contribution in [2.45, 2.75) is 6.92 Å². The van der Waals surface area contributed by atoms with Crippen molar-refractivity contribution < 1.29 is 0 Å². The Morgan fingerprint density at radius 3 is 2.73 bits per heavy atom. The molecule has 0 amide bonds. The summed E-state index contributed by atoms with van der Waals surface area (Å²) in [7, 11) is 0. The van der Waals surface area contributed by atoms with Gasteiger partial charge in [-0.05, 0) is 18.6 Å². The van der Waals surface area contributed by atoms with Crippen LogP contribution in [0.1, 0.15) is 18.1 Å². The molecule has 0 heterocycles. The molecule has 0 aromatic heterocycles. The van der Waals surface area contributed by atoms with Gasteiger partial charge in [-0.15, -0.1) is 5.92 Å². The van der Waals surface area contributed by atoms with Crippen LogP contribution < -0.4 is 0 Å². The highest BCUT2D eigenvalue weighted by molar-refractivity contribution is 5.57. The Balaban J connectivity index is 3.19.